The molecule has 0 saturated heterocycles. The summed E-state index contributed by atoms with van der Waals surface area (Å²) >= 11 is 0. The molecule has 2 rings (SSSR count). The Balaban J connectivity index is 0.00000112. The molecule has 1 heterocycles. The van der Waals surface area contributed by atoms with Crippen molar-refractivity contribution in [1.29, 1.82) is 0 Å². The van der Waals surface area contributed by atoms with E-state index in [0.29, 0.717) is 12.1 Å². The smallest absolute Gasteiger partial charge is 0.374 e. The van der Waals surface area contributed by atoms with E-state index in [1.165, 1.54) is 0 Å². The molecule has 1 aromatic carbocycles. The molecule has 84 valence electrons. The summed E-state index contributed by atoms with van der Waals surface area (Å²) in [6.07, 6.45) is -3.53. The monoisotopic (exact) mass is 237 g/mol. The number of hydrogen-bond donors (Lipinski definition) is 1. The van der Waals surface area contributed by atoms with Gasteiger partial charge in [0.15, 0.2) is 0 Å². The van der Waals surface area contributed by atoms with Gasteiger partial charge in [-0.25, -0.2) is 0 Å². The predicted octanol–water partition coefficient (Wildman–Crippen LogP) is 3.40. The number of fused-ring (bicyclic) bond motifs is 1. The van der Waals surface area contributed by atoms with Crippen LogP contribution in [-0.2, 0) is 6.42 Å². The fraction of sp³-hybridized carbons (Fsp3) is 0.400. The third-order valence-corrected chi connectivity index (χ3v) is 2.44. The third-order valence-electron chi connectivity index (χ3n) is 2.44. The van der Waals surface area contributed by atoms with Gasteiger partial charge >= 0.3 is 6.18 Å². The molecule has 0 bridgehead atoms. The first kappa shape index (κ1) is 12.2. The van der Waals surface area contributed by atoms with E-state index in [4.69, 9.17) is 0 Å². The first-order valence-corrected chi connectivity index (χ1v) is 4.48. The molecule has 15 heavy (non-hydrogen) atoms. The van der Waals surface area contributed by atoms with Crippen LogP contribution in [0.5, 0.6) is 0 Å². The Morgan fingerprint density at radius 2 is 1.87 bits per heavy atom. The van der Waals surface area contributed by atoms with Crippen molar-refractivity contribution in [2.45, 2.75) is 25.1 Å². The van der Waals surface area contributed by atoms with E-state index in [9.17, 15) is 13.2 Å². The zero-order chi connectivity index (χ0) is 10.2. The van der Waals surface area contributed by atoms with E-state index < -0.39 is 12.2 Å². The summed E-state index contributed by atoms with van der Waals surface area (Å²) in [6, 6.07) is 5.73. The van der Waals surface area contributed by atoms with Crippen LogP contribution in [-0.4, -0.2) is 12.2 Å². The Kier molecular flexibility index (Phi) is 3.50. The van der Waals surface area contributed by atoms with Gasteiger partial charge in [0.1, 0.15) is 6.04 Å². The number of hydrogen-bond acceptors (Lipinski definition) is 1. The predicted molar refractivity (Wildman–Crippen MR) is 55.5 cm³/mol. The quantitative estimate of drug-likeness (QED) is 0.729. The summed E-state index contributed by atoms with van der Waals surface area (Å²) < 4.78 is 37.1. The molecule has 1 aliphatic heterocycles. The van der Waals surface area contributed by atoms with Crippen LogP contribution < -0.4 is 5.32 Å². The summed E-state index contributed by atoms with van der Waals surface area (Å²) in [6.45, 7) is 0. The summed E-state index contributed by atoms with van der Waals surface area (Å²) in [7, 11) is 0. The van der Waals surface area contributed by atoms with Gasteiger partial charge in [-0.3, -0.25) is 0 Å². The molecule has 0 spiro atoms. The number of halogens is 4. The summed E-state index contributed by atoms with van der Waals surface area (Å²) in [5.41, 5.74) is 1.58. The Morgan fingerprint density at radius 3 is 2.53 bits per heavy atom. The van der Waals surface area contributed by atoms with Gasteiger partial charge < -0.3 is 5.32 Å². The van der Waals surface area contributed by atoms with Crippen LogP contribution in [0.2, 0.25) is 0 Å². The number of anilines is 1. The molecular formula is C10H11ClF3N. The second-order valence-electron chi connectivity index (χ2n) is 3.43. The molecule has 1 unspecified atom stereocenters. The number of nitrogens with one attached hydrogen (secondary N) is 1. The van der Waals surface area contributed by atoms with Crippen LogP contribution in [0.15, 0.2) is 24.3 Å². The van der Waals surface area contributed by atoms with Crippen molar-refractivity contribution in [1.82, 2.24) is 0 Å². The minimum atomic E-state index is -4.15. The average Bonchev–Trinajstić information content (AvgIpc) is 2.16. The topological polar surface area (TPSA) is 12.0 Å². The number of rotatable bonds is 0. The fourth-order valence-electron chi connectivity index (χ4n) is 1.68. The lowest BCUT2D eigenvalue weighted by atomic mass is 9.98. The van der Waals surface area contributed by atoms with Gasteiger partial charge in [0, 0.05) is 5.69 Å². The van der Waals surface area contributed by atoms with Gasteiger partial charge in [-0.1, -0.05) is 18.2 Å². The highest BCUT2D eigenvalue weighted by atomic mass is 35.5. The van der Waals surface area contributed by atoms with Crippen LogP contribution in [0.4, 0.5) is 18.9 Å². The van der Waals surface area contributed by atoms with Crippen molar-refractivity contribution in [2.24, 2.45) is 0 Å². The highest BCUT2D eigenvalue weighted by Crippen LogP contribution is 2.32. The Bertz CT molecular complexity index is 338. The highest BCUT2D eigenvalue weighted by Gasteiger charge is 2.40. The van der Waals surface area contributed by atoms with E-state index in [0.717, 1.165) is 5.56 Å². The van der Waals surface area contributed by atoms with Gasteiger partial charge in [-0.15, -0.1) is 12.4 Å². The third kappa shape index (κ3) is 2.56. The van der Waals surface area contributed by atoms with E-state index in [2.05, 4.69) is 5.32 Å². The van der Waals surface area contributed by atoms with Gasteiger partial charge in [0.2, 0.25) is 0 Å². The van der Waals surface area contributed by atoms with Crippen LogP contribution in [0, 0.1) is 0 Å². The first-order valence-electron chi connectivity index (χ1n) is 4.48. The second-order valence-corrected chi connectivity index (χ2v) is 3.43. The van der Waals surface area contributed by atoms with Crippen molar-refractivity contribution < 1.29 is 13.2 Å². The molecule has 0 aliphatic carbocycles. The van der Waals surface area contributed by atoms with Crippen LogP contribution in [0.3, 0.4) is 0 Å². The molecule has 1 aromatic rings. The summed E-state index contributed by atoms with van der Waals surface area (Å²) in [4.78, 5) is 0. The number of para-hydroxylation sites is 1. The van der Waals surface area contributed by atoms with Crippen LogP contribution in [0.25, 0.3) is 0 Å². The lowest BCUT2D eigenvalue weighted by Crippen LogP contribution is -2.39. The van der Waals surface area contributed by atoms with Gasteiger partial charge in [0.05, 0.1) is 0 Å². The number of aryl methyl sites for hydroxylation is 1. The van der Waals surface area contributed by atoms with Crippen LogP contribution in [0.1, 0.15) is 12.0 Å². The molecule has 0 amide bonds. The maximum atomic E-state index is 12.4. The summed E-state index contributed by atoms with van der Waals surface area (Å²) in [5, 5.41) is 2.51. The van der Waals surface area contributed by atoms with E-state index in [1.807, 2.05) is 12.1 Å². The molecule has 0 saturated carbocycles. The lowest BCUT2D eigenvalue weighted by Gasteiger charge is -2.28. The molecule has 1 aliphatic rings. The Hall–Kier alpha value is -0.900. The fourth-order valence-corrected chi connectivity index (χ4v) is 1.68. The molecule has 5 heteroatoms. The van der Waals surface area contributed by atoms with Crippen molar-refractivity contribution in [3.8, 4) is 0 Å². The molecule has 1 atom stereocenters. The standard InChI is InChI=1S/C10H10F3N.ClH/c11-10(12,13)9-6-5-7-3-1-2-4-8(7)14-9;/h1-4,9,14H,5-6H2;1H. The molecular weight excluding hydrogens is 227 g/mol. The van der Waals surface area contributed by atoms with Gasteiger partial charge in [-0.2, -0.15) is 13.2 Å². The molecule has 0 fully saturated rings. The molecule has 0 aromatic heterocycles. The van der Waals surface area contributed by atoms with Gasteiger partial charge in [-0.05, 0) is 24.5 Å². The second kappa shape index (κ2) is 4.31. The average molecular weight is 238 g/mol. The SMILES string of the molecule is Cl.FC(F)(F)C1CCc2ccccc2N1. The Morgan fingerprint density at radius 1 is 1.20 bits per heavy atom. The zero-order valence-electron chi connectivity index (χ0n) is 7.84. The molecule has 1 N–H and O–H groups in total. The highest BCUT2D eigenvalue weighted by molar-refractivity contribution is 5.85. The first-order chi connectivity index (χ1) is 6.57. The van der Waals surface area contributed by atoms with Crippen molar-refractivity contribution >= 4 is 18.1 Å². The van der Waals surface area contributed by atoms with Gasteiger partial charge in [0.25, 0.3) is 0 Å². The zero-order valence-corrected chi connectivity index (χ0v) is 8.66. The van der Waals surface area contributed by atoms with E-state index in [-0.39, 0.29) is 18.8 Å². The number of benzene rings is 1. The minimum Gasteiger partial charge on any atom is -0.374 e. The lowest BCUT2D eigenvalue weighted by molar-refractivity contribution is -0.144. The maximum absolute atomic E-state index is 12.4. The Labute approximate surface area is 92.1 Å². The van der Waals surface area contributed by atoms with Crippen molar-refractivity contribution in [3.05, 3.63) is 29.8 Å². The van der Waals surface area contributed by atoms with Crippen LogP contribution >= 0.6 is 12.4 Å². The molecule has 1 nitrogen and oxygen atoms in total. The maximum Gasteiger partial charge on any atom is 0.408 e. The van der Waals surface area contributed by atoms with Crippen molar-refractivity contribution in [2.75, 3.05) is 5.32 Å². The number of alkyl halides is 3. The van der Waals surface area contributed by atoms with Crippen molar-refractivity contribution in [3.63, 3.8) is 0 Å². The van der Waals surface area contributed by atoms with E-state index in [1.54, 1.807) is 12.1 Å². The largest absolute Gasteiger partial charge is 0.408 e. The summed E-state index contributed by atoms with van der Waals surface area (Å²) in [5.74, 6) is 0. The normalized spacial score (nSPS) is 19.8. The minimum absolute atomic E-state index is 0. The molecule has 0 radical (unpaired) electrons. The van der Waals surface area contributed by atoms with E-state index >= 15 is 0 Å².